The summed E-state index contributed by atoms with van der Waals surface area (Å²) in [6.45, 7) is 12.0. The summed E-state index contributed by atoms with van der Waals surface area (Å²) in [4.78, 5) is 18.3. The van der Waals surface area contributed by atoms with E-state index < -0.39 is 6.23 Å². The van der Waals surface area contributed by atoms with Crippen molar-refractivity contribution in [2.24, 2.45) is 0 Å². The number of hydrogen-bond donors (Lipinski definition) is 5. The fourth-order valence-corrected chi connectivity index (χ4v) is 5.24. The van der Waals surface area contributed by atoms with E-state index in [-0.39, 0.29) is 5.91 Å². The molecule has 1 saturated heterocycles. The van der Waals surface area contributed by atoms with Crippen LogP contribution in [-0.2, 0) is 4.79 Å². The first-order chi connectivity index (χ1) is 15.2. The first-order valence-corrected chi connectivity index (χ1v) is 11.9. The lowest BCUT2D eigenvalue weighted by atomic mass is 10.0. The number of anilines is 1. The molecule has 3 atom stereocenters. The third kappa shape index (κ3) is 4.84. The number of fused-ring (bicyclic) bond motifs is 1. The highest BCUT2D eigenvalue weighted by atomic mass is 79.9. The fourth-order valence-electron chi connectivity index (χ4n) is 4.88. The summed E-state index contributed by atoms with van der Waals surface area (Å²) in [6, 6.07) is 6.70. The first-order valence-electron chi connectivity index (χ1n) is 11.1. The van der Waals surface area contributed by atoms with Gasteiger partial charge in [-0.25, -0.2) is 0 Å². The number of amides is 1. The molecule has 1 fully saturated rings. The van der Waals surface area contributed by atoms with Crippen LogP contribution in [0.1, 0.15) is 48.2 Å². The molecule has 7 nitrogen and oxygen atoms in total. The monoisotopic (exact) mass is 501 g/mol. The standard InChI is InChI=1S/C24H32BrN5O2/c1-13-11-30(12-14(2)27-13)8-7-26-24(32)22-15(3)21(28-16(22)4)10-19-18-9-17(25)5-6-20(18)29-23(19)31/h5-6,9-10,13-14,24,26-28,32H,7-8,11-12H2,1-4H3,(H,29,31). The summed E-state index contributed by atoms with van der Waals surface area (Å²) in [5, 5.41) is 20.6. The smallest absolute Gasteiger partial charge is 0.256 e. The van der Waals surface area contributed by atoms with Crippen molar-refractivity contribution in [1.82, 2.24) is 20.5 Å². The normalized spacial score (nSPS) is 23.4. The van der Waals surface area contributed by atoms with Crippen molar-refractivity contribution >= 4 is 39.2 Å². The van der Waals surface area contributed by atoms with Gasteiger partial charge in [-0.2, -0.15) is 0 Å². The van der Waals surface area contributed by atoms with Gasteiger partial charge in [-0.15, -0.1) is 0 Å². The van der Waals surface area contributed by atoms with Crippen LogP contribution in [0.15, 0.2) is 22.7 Å². The number of nitrogens with one attached hydrogen (secondary N) is 4. The Labute approximate surface area is 197 Å². The maximum absolute atomic E-state index is 12.5. The summed E-state index contributed by atoms with van der Waals surface area (Å²) in [5.41, 5.74) is 5.80. The van der Waals surface area contributed by atoms with Crippen LogP contribution in [0, 0.1) is 13.8 Å². The van der Waals surface area contributed by atoms with E-state index in [1.807, 2.05) is 38.1 Å². The van der Waals surface area contributed by atoms with Gasteiger partial charge in [0.25, 0.3) is 5.91 Å². The number of aliphatic hydroxyl groups excluding tert-OH is 1. The number of aromatic nitrogens is 1. The van der Waals surface area contributed by atoms with Crippen molar-refractivity contribution in [1.29, 1.82) is 0 Å². The minimum Gasteiger partial charge on any atom is -0.374 e. The molecule has 0 aliphatic carbocycles. The van der Waals surface area contributed by atoms with Gasteiger partial charge in [-0.05, 0) is 57.5 Å². The number of H-pyrrole nitrogens is 1. The van der Waals surface area contributed by atoms with Gasteiger partial charge in [0.05, 0.1) is 5.57 Å². The van der Waals surface area contributed by atoms with Gasteiger partial charge < -0.3 is 20.7 Å². The van der Waals surface area contributed by atoms with Crippen LogP contribution in [0.2, 0.25) is 0 Å². The van der Waals surface area contributed by atoms with Gasteiger partial charge in [-0.1, -0.05) is 15.9 Å². The zero-order valence-electron chi connectivity index (χ0n) is 19.1. The Hall–Kier alpha value is -1.97. The molecule has 0 saturated carbocycles. The number of carbonyl (C=O) groups excluding carboxylic acids is 1. The summed E-state index contributed by atoms with van der Waals surface area (Å²) < 4.78 is 0.923. The van der Waals surface area contributed by atoms with Crippen LogP contribution < -0.4 is 16.0 Å². The summed E-state index contributed by atoms with van der Waals surface area (Å²) in [7, 11) is 0. The second kappa shape index (κ2) is 9.49. The molecule has 3 heterocycles. The molecule has 5 N–H and O–H groups in total. The van der Waals surface area contributed by atoms with Crippen molar-refractivity contribution in [2.45, 2.75) is 46.0 Å². The van der Waals surface area contributed by atoms with Crippen molar-refractivity contribution in [3.63, 3.8) is 0 Å². The highest BCUT2D eigenvalue weighted by Gasteiger charge is 2.26. The Balaban J connectivity index is 1.47. The predicted octanol–water partition coefficient (Wildman–Crippen LogP) is 3.15. The Morgan fingerprint density at radius 2 is 2.00 bits per heavy atom. The minimum absolute atomic E-state index is 0.121. The van der Waals surface area contributed by atoms with Gasteiger partial charge >= 0.3 is 0 Å². The third-order valence-corrected chi connectivity index (χ3v) is 6.75. The highest BCUT2D eigenvalue weighted by Crippen LogP contribution is 2.36. The SMILES string of the molecule is Cc1[nH]c(C=C2C(=O)Nc3ccc(Br)cc32)c(C)c1C(O)NCCN1CC(C)NC(C)C1. The number of carbonyl (C=O) groups is 1. The summed E-state index contributed by atoms with van der Waals surface area (Å²) in [6.07, 6.45) is 1.10. The van der Waals surface area contributed by atoms with Crippen molar-refractivity contribution < 1.29 is 9.90 Å². The molecule has 32 heavy (non-hydrogen) atoms. The molecule has 8 heteroatoms. The molecule has 0 spiro atoms. The highest BCUT2D eigenvalue weighted by molar-refractivity contribution is 9.10. The molecule has 3 unspecified atom stereocenters. The topological polar surface area (TPSA) is 92.4 Å². The Morgan fingerprint density at radius 3 is 2.72 bits per heavy atom. The number of rotatable bonds is 6. The van der Waals surface area contributed by atoms with E-state index in [1.165, 1.54) is 0 Å². The van der Waals surface area contributed by atoms with Crippen LogP contribution in [0.5, 0.6) is 0 Å². The van der Waals surface area contributed by atoms with Crippen LogP contribution >= 0.6 is 15.9 Å². The van der Waals surface area contributed by atoms with E-state index >= 15 is 0 Å². The molecule has 0 radical (unpaired) electrons. The Morgan fingerprint density at radius 1 is 1.28 bits per heavy atom. The van der Waals surface area contributed by atoms with Crippen molar-refractivity contribution in [2.75, 3.05) is 31.5 Å². The number of aromatic amines is 1. The first kappa shape index (κ1) is 23.2. The molecular formula is C24H32BrN5O2. The van der Waals surface area contributed by atoms with E-state index in [9.17, 15) is 9.90 Å². The number of nitrogens with zero attached hydrogens (tertiary/aromatic N) is 1. The fraction of sp³-hybridized carbons (Fsp3) is 0.458. The minimum atomic E-state index is -0.769. The molecule has 2 aliphatic rings. The number of aliphatic hydroxyl groups is 1. The molecular weight excluding hydrogens is 470 g/mol. The molecule has 0 bridgehead atoms. The van der Waals surface area contributed by atoms with E-state index in [1.54, 1.807) is 0 Å². The largest absolute Gasteiger partial charge is 0.374 e. The predicted molar refractivity (Wildman–Crippen MR) is 132 cm³/mol. The molecule has 2 aromatic rings. The van der Waals surface area contributed by atoms with E-state index in [0.29, 0.717) is 24.2 Å². The average Bonchev–Trinajstić information content (AvgIpc) is 3.16. The number of benzene rings is 1. The quantitative estimate of drug-likeness (QED) is 0.309. The van der Waals surface area contributed by atoms with E-state index in [2.05, 4.69) is 55.6 Å². The lowest BCUT2D eigenvalue weighted by molar-refractivity contribution is -0.110. The van der Waals surface area contributed by atoms with Gasteiger partial charge in [0.1, 0.15) is 6.23 Å². The molecule has 4 rings (SSSR count). The average molecular weight is 502 g/mol. The Bertz CT molecular complexity index is 1040. The Kier molecular flexibility index (Phi) is 6.88. The molecule has 1 aromatic heterocycles. The van der Waals surface area contributed by atoms with E-state index in [0.717, 1.165) is 57.9 Å². The van der Waals surface area contributed by atoms with Gasteiger partial charge in [0.15, 0.2) is 0 Å². The number of halogens is 1. The third-order valence-electron chi connectivity index (χ3n) is 6.26. The van der Waals surface area contributed by atoms with Gasteiger partial charge in [-0.3, -0.25) is 15.0 Å². The second-order valence-electron chi connectivity index (χ2n) is 8.99. The molecule has 1 amide bonds. The number of piperazine rings is 1. The van der Waals surface area contributed by atoms with E-state index in [4.69, 9.17) is 0 Å². The lowest BCUT2D eigenvalue weighted by Crippen LogP contribution is -2.55. The van der Waals surface area contributed by atoms with Crippen LogP contribution in [0.25, 0.3) is 11.6 Å². The van der Waals surface area contributed by atoms with Gasteiger partial charge in [0.2, 0.25) is 0 Å². The molecule has 2 aliphatic heterocycles. The number of aryl methyl sites for hydroxylation is 1. The maximum Gasteiger partial charge on any atom is 0.256 e. The lowest BCUT2D eigenvalue weighted by Gasteiger charge is -2.36. The zero-order valence-corrected chi connectivity index (χ0v) is 20.6. The summed E-state index contributed by atoms with van der Waals surface area (Å²) >= 11 is 3.48. The van der Waals surface area contributed by atoms with Crippen molar-refractivity contribution in [3.05, 3.63) is 50.8 Å². The van der Waals surface area contributed by atoms with Crippen LogP contribution in [0.4, 0.5) is 5.69 Å². The van der Waals surface area contributed by atoms with Gasteiger partial charge in [0, 0.05) is 70.9 Å². The van der Waals surface area contributed by atoms with Crippen LogP contribution in [0.3, 0.4) is 0 Å². The van der Waals surface area contributed by atoms with Crippen LogP contribution in [-0.4, -0.2) is 59.2 Å². The molecule has 1 aromatic carbocycles. The number of hydrogen-bond acceptors (Lipinski definition) is 5. The zero-order chi connectivity index (χ0) is 23.0. The van der Waals surface area contributed by atoms with Crippen molar-refractivity contribution in [3.8, 4) is 0 Å². The second-order valence-corrected chi connectivity index (χ2v) is 9.91. The summed E-state index contributed by atoms with van der Waals surface area (Å²) in [5.74, 6) is -0.121. The molecule has 172 valence electrons. The maximum atomic E-state index is 12.5.